The Morgan fingerprint density at radius 1 is 1.11 bits per heavy atom. The van der Waals surface area contributed by atoms with Gasteiger partial charge in [0.1, 0.15) is 0 Å². The molecule has 2 aromatic heterocycles. The molecule has 1 fully saturated rings. The summed E-state index contributed by atoms with van der Waals surface area (Å²) < 4.78 is 3.68. The molecule has 0 radical (unpaired) electrons. The summed E-state index contributed by atoms with van der Waals surface area (Å²) in [7, 11) is 0. The number of nitrogens with zero attached hydrogens (tertiary/aromatic N) is 5. The molecule has 0 aliphatic heterocycles. The molecule has 1 atom stereocenters. The molecule has 1 aliphatic rings. The predicted octanol–water partition coefficient (Wildman–Crippen LogP) is 3.85. The molecule has 4 rings (SSSR count). The summed E-state index contributed by atoms with van der Waals surface area (Å²) in [6.07, 6.45) is 12.7. The van der Waals surface area contributed by atoms with Crippen LogP contribution in [0.2, 0.25) is 0 Å². The molecule has 1 N–H and O–H groups in total. The summed E-state index contributed by atoms with van der Waals surface area (Å²) in [6, 6.07) is 10.1. The van der Waals surface area contributed by atoms with Gasteiger partial charge in [-0.3, -0.25) is 4.79 Å². The van der Waals surface area contributed by atoms with E-state index in [9.17, 15) is 4.79 Å². The van der Waals surface area contributed by atoms with Crippen molar-refractivity contribution >= 4 is 5.91 Å². The van der Waals surface area contributed by atoms with Crippen LogP contribution in [0.1, 0.15) is 73.6 Å². The second kappa shape index (κ2) is 8.37. The van der Waals surface area contributed by atoms with Gasteiger partial charge in [0.25, 0.3) is 5.91 Å². The smallest absolute Gasteiger partial charge is 0.273 e. The van der Waals surface area contributed by atoms with E-state index in [1.165, 1.54) is 25.7 Å². The molecule has 1 saturated carbocycles. The molecule has 28 heavy (non-hydrogen) atoms. The lowest BCUT2D eigenvalue weighted by atomic mass is 10.1. The first-order chi connectivity index (χ1) is 13.7. The van der Waals surface area contributed by atoms with Gasteiger partial charge in [0.2, 0.25) is 0 Å². The SMILES string of the molecule is C[C@H](NC(=O)c1cn(C2CCCCCC2)nn1)c1cnn(-c2ccccc2)c1. The van der Waals surface area contributed by atoms with E-state index in [2.05, 4.69) is 20.7 Å². The molecular formula is C21H26N6O. The van der Waals surface area contributed by atoms with E-state index in [-0.39, 0.29) is 11.9 Å². The Balaban J connectivity index is 1.40. The quantitative estimate of drug-likeness (QED) is 0.684. The first-order valence-corrected chi connectivity index (χ1v) is 10.0. The average Bonchev–Trinajstić information content (AvgIpc) is 3.33. The standard InChI is InChI=1S/C21H26N6O/c1-16(17-13-22-26(14-17)18-9-7-4-8-10-18)23-21(28)20-15-27(25-24-20)19-11-5-2-3-6-12-19/h4,7-10,13-16,19H,2-3,5-6,11-12H2,1H3,(H,23,28)/t16-/m0/s1. The normalized spacial score (nSPS) is 16.5. The highest BCUT2D eigenvalue weighted by atomic mass is 16.2. The molecule has 7 heteroatoms. The fraction of sp³-hybridized carbons (Fsp3) is 0.429. The van der Waals surface area contributed by atoms with Crippen molar-refractivity contribution in [2.24, 2.45) is 0 Å². The summed E-state index contributed by atoms with van der Waals surface area (Å²) in [6.45, 7) is 1.94. The van der Waals surface area contributed by atoms with Crippen LogP contribution in [-0.4, -0.2) is 30.7 Å². The second-order valence-corrected chi connectivity index (χ2v) is 7.48. The summed E-state index contributed by atoms with van der Waals surface area (Å²) >= 11 is 0. The Morgan fingerprint density at radius 2 is 1.86 bits per heavy atom. The van der Waals surface area contributed by atoms with Gasteiger partial charge >= 0.3 is 0 Å². The van der Waals surface area contributed by atoms with Gasteiger partial charge < -0.3 is 5.32 Å². The number of benzene rings is 1. The van der Waals surface area contributed by atoms with Crippen molar-refractivity contribution in [3.63, 3.8) is 0 Å². The van der Waals surface area contributed by atoms with Crippen LogP contribution < -0.4 is 5.32 Å². The van der Waals surface area contributed by atoms with Crippen molar-refractivity contribution in [3.05, 3.63) is 60.2 Å². The largest absolute Gasteiger partial charge is 0.344 e. The van der Waals surface area contributed by atoms with Crippen LogP contribution in [0.5, 0.6) is 0 Å². The molecule has 1 aliphatic carbocycles. The maximum absolute atomic E-state index is 12.6. The minimum absolute atomic E-state index is 0.173. The van der Waals surface area contributed by atoms with Crippen molar-refractivity contribution in [1.29, 1.82) is 0 Å². The van der Waals surface area contributed by atoms with Gasteiger partial charge in [0.05, 0.1) is 30.2 Å². The number of hydrogen-bond donors (Lipinski definition) is 1. The van der Waals surface area contributed by atoms with Crippen LogP contribution in [0.4, 0.5) is 0 Å². The molecule has 1 amide bonds. The van der Waals surface area contributed by atoms with Gasteiger partial charge in [-0.1, -0.05) is 49.1 Å². The topological polar surface area (TPSA) is 77.6 Å². The van der Waals surface area contributed by atoms with E-state index in [1.54, 1.807) is 17.1 Å². The third kappa shape index (κ3) is 4.13. The van der Waals surface area contributed by atoms with E-state index in [0.717, 1.165) is 24.1 Å². The number of para-hydroxylation sites is 1. The highest BCUT2D eigenvalue weighted by Gasteiger charge is 2.20. The van der Waals surface area contributed by atoms with Gasteiger partial charge in [0, 0.05) is 11.8 Å². The first kappa shape index (κ1) is 18.4. The van der Waals surface area contributed by atoms with Crippen molar-refractivity contribution in [2.75, 3.05) is 0 Å². The lowest BCUT2D eigenvalue weighted by Crippen LogP contribution is -2.26. The summed E-state index contributed by atoms with van der Waals surface area (Å²) in [5, 5.41) is 15.7. The van der Waals surface area contributed by atoms with Crippen molar-refractivity contribution < 1.29 is 4.79 Å². The van der Waals surface area contributed by atoms with Crippen LogP contribution in [0, 0.1) is 0 Å². The monoisotopic (exact) mass is 378 g/mol. The zero-order chi connectivity index (χ0) is 19.3. The number of nitrogens with one attached hydrogen (secondary N) is 1. The summed E-state index contributed by atoms with van der Waals surface area (Å²) in [4.78, 5) is 12.6. The number of hydrogen-bond acceptors (Lipinski definition) is 4. The molecule has 2 heterocycles. The number of rotatable bonds is 5. The predicted molar refractivity (Wildman–Crippen MR) is 106 cm³/mol. The summed E-state index contributed by atoms with van der Waals surface area (Å²) in [5.74, 6) is -0.208. The van der Waals surface area contributed by atoms with Crippen LogP contribution in [-0.2, 0) is 0 Å². The Hall–Kier alpha value is -2.96. The lowest BCUT2D eigenvalue weighted by molar-refractivity contribution is 0.0934. The van der Waals surface area contributed by atoms with Gasteiger partial charge in [0.15, 0.2) is 5.69 Å². The van der Waals surface area contributed by atoms with Gasteiger partial charge in [-0.05, 0) is 31.9 Å². The maximum atomic E-state index is 12.6. The molecule has 1 aromatic carbocycles. The lowest BCUT2D eigenvalue weighted by Gasteiger charge is -2.13. The third-order valence-corrected chi connectivity index (χ3v) is 5.41. The fourth-order valence-corrected chi connectivity index (χ4v) is 3.72. The van der Waals surface area contributed by atoms with Crippen molar-refractivity contribution in [1.82, 2.24) is 30.1 Å². The molecule has 0 saturated heterocycles. The van der Waals surface area contributed by atoms with Crippen LogP contribution >= 0.6 is 0 Å². The molecular weight excluding hydrogens is 352 g/mol. The third-order valence-electron chi connectivity index (χ3n) is 5.41. The number of amides is 1. The van der Waals surface area contributed by atoms with Crippen molar-refractivity contribution in [2.45, 2.75) is 57.5 Å². The minimum atomic E-state index is -0.208. The average molecular weight is 378 g/mol. The van der Waals surface area contributed by atoms with Gasteiger partial charge in [-0.2, -0.15) is 5.10 Å². The fourth-order valence-electron chi connectivity index (χ4n) is 3.72. The van der Waals surface area contributed by atoms with Crippen LogP contribution in [0.3, 0.4) is 0 Å². The van der Waals surface area contributed by atoms with Gasteiger partial charge in [-0.25, -0.2) is 9.36 Å². The number of carbonyl (C=O) groups excluding carboxylic acids is 1. The molecule has 0 spiro atoms. The summed E-state index contributed by atoms with van der Waals surface area (Å²) in [5.41, 5.74) is 2.29. The van der Waals surface area contributed by atoms with E-state index in [0.29, 0.717) is 11.7 Å². The van der Waals surface area contributed by atoms with E-state index in [4.69, 9.17) is 0 Å². The molecule has 3 aromatic rings. The van der Waals surface area contributed by atoms with Gasteiger partial charge in [-0.15, -0.1) is 5.10 Å². The van der Waals surface area contributed by atoms with E-state index >= 15 is 0 Å². The molecule has 0 bridgehead atoms. The van der Waals surface area contributed by atoms with Crippen molar-refractivity contribution in [3.8, 4) is 5.69 Å². The second-order valence-electron chi connectivity index (χ2n) is 7.48. The number of carbonyl (C=O) groups is 1. The van der Waals surface area contributed by atoms with Crippen LogP contribution in [0.25, 0.3) is 5.69 Å². The first-order valence-electron chi connectivity index (χ1n) is 10.0. The molecule has 0 unspecified atom stereocenters. The zero-order valence-corrected chi connectivity index (χ0v) is 16.2. The number of aromatic nitrogens is 5. The zero-order valence-electron chi connectivity index (χ0n) is 16.2. The Bertz CT molecular complexity index is 908. The van der Waals surface area contributed by atoms with Crippen LogP contribution in [0.15, 0.2) is 48.9 Å². The molecule has 146 valence electrons. The highest BCUT2D eigenvalue weighted by Crippen LogP contribution is 2.26. The van der Waals surface area contributed by atoms with E-state index in [1.807, 2.05) is 48.1 Å². The Labute approximate surface area is 164 Å². The maximum Gasteiger partial charge on any atom is 0.273 e. The Morgan fingerprint density at radius 3 is 2.61 bits per heavy atom. The highest BCUT2D eigenvalue weighted by molar-refractivity contribution is 5.92. The van der Waals surface area contributed by atoms with E-state index < -0.39 is 0 Å². The minimum Gasteiger partial charge on any atom is -0.344 e. The molecule has 7 nitrogen and oxygen atoms in total. The Kier molecular flexibility index (Phi) is 5.50.